The van der Waals surface area contributed by atoms with E-state index in [0.29, 0.717) is 11.8 Å². The van der Waals surface area contributed by atoms with Gasteiger partial charge in [-0.25, -0.2) is 0 Å². The van der Waals surface area contributed by atoms with E-state index in [0.717, 1.165) is 30.0 Å². The molecule has 0 aromatic heterocycles. The Morgan fingerprint density at radius 2 is 2.24 bits per heavy atom. The molecule has 0 aliphatic carbocycles. The maximum Gasteiger partial charge on any atom is 0.231 e. The van der Waals surface area contributed by atoms with Crippen LogP contribution in [0.1, 0.15) is 25.8 Å². The summed E-state index contributed by atoms with van der Waals surface area (Å²) in [5, 5.41) is 3.44. The highest BCUT2D eigenvalue weighted by atomic mass is 16.7. The zero-order valence-corrected chi connectivity index (χ0v) is 10.6. The summed E-state index contributed by atoms with van der Waals surface area (Å²) in [6.07, 6.45) is 1.11. The Bertz CT molecular complexity index is 392. The fourth-order valence-corrected chi connectivity index (χ4v) is 1.72. The molecule has 1 unspecified atom stereocenters. The molecule has 94 valence electrons. The average molecular weight is 237 g/mol. The Kier molecular flexibility index (Phi) is 3.74. The molecule has 4 nitrogen and oxygen atoms in total. The first-order chi connectivity index (χ1) is 8.24. The van der Waals surface area contributed by atoms with Crippen LogP contribution in [0.3, 0.4) is 0 Å². The lowest BCUT2D eigenvalue weighted by Crippen LogP contribution is -2.24. The molecule has 1 aromatic carbocycles. The van der Waals surface area contributed by atoms with Crippen LogP contribution in [0.25, 0.3) is 0 Å². The highest BCUT2D eigenvalue weighted by molar-refractivity contribution is 5.55. The highest BCUT2D eigenvalue weighted by Gasteiger charge is 2.19. The maximum absolute atomic E-state index is 5.38. The summed E-state index contributed by atoms with van der Waals surface area (Å²) in [6.45, 7) is 5.41. The molecule has 0 spiro atoms. The first kappa shape index (κ1) is 12.0. The Hall–Kier alpha value is -1.42. The molecular weight excluding hydrogens is 218 g/mol. The first-order valence-corrected chi connectivity index (χ1v) is 5.94. The van der Waals surface area contributed by atoms with Crippen molar-refractivity contribution in [2.45, 2.75) is 32.9 Å². The van der Waals surface area contributed by atoms with Crippen LogP contribution in [-0.2, 0) is 6.54 Å². The van der Waals surface area contributed by atoms with E-state index in [1.165, 1.54) is 0 Å². The molecule has 1 heterocycles. The van der Waals surface area contributed by atoms with Gasteiger partial charge >= 0.3 is 0 Å². The van der Waals surface area contributed by atoms with Gasteiger partial charge in [0.15, 0.2) is 11.5 Å². The minimum absolute atomic E-state index is 0.272. The van der Waals surface area contributed by atoms with Gasteiger partial charge in [-0.2, -0.15) is 0 Å². The van der Waals surface area contributed by atoms with Crippen molar-refractivity contribution in [3.8, 4) is 17.2 Å². The van der Waals surface area contributed by atoms with E-state index in [2.05, 4.69) is 19.2 Å². The number of hydrogen-bond acceptors (Lipinski definition) is 4. The number of ether oxygens (including phenoxy) is 3. The fourth-order valence-electron chi connectivity index (χ4n) is 1.72. The van der Waals surface area contributed by atoms with E-state index in [-0.39, 0.29) is 6.79 Å². The molecule has 0 saturated heterocycles. The van der Waals surface area contributed by atoms with E-state index in [9.17, 15) is 0 Å². The lowest BCUT2D eigenvalue weighted by atomic mass is 10.1. The maximum atomic E-state index is 5.38. The number of benzene rings is 1. The number of hydrogen-bond donors (Lipinski definition) is 1. The Labute approximate surface area is 102 Å². The summed E-state index contributed by atoms with van der Waals surface area (Å²) >= 11 is 0. The zero-order chi connectivity index (χ0) is 12.3. The lowest BCUT2D eigenvalue weighted by Gasteiger charge is -2.12. The summed E-state index contributed by atoms with van der Waals surface area (Å²) in [5.41, 5.74) is 1.14. The predicted octanol–water partition coefficient (Wildman–Crippen LogP) is 2.31. The van der Waals surface area contributed by atoms with Crippen LogP contribution < -0.4 is 19.5 Å². The third-order valence-corrected chi connectivity index (χ3v) is 2.99. The van der Waals surface area contributed by atoms with Crippen molar-refractivity contribution in [1.29, 1.82) is 0 Å². The first-order valence-electron chi connectivity index (χ1n) is 5.94. The van der Waals surface area contributed by atoms with Crippen LogP contribution in [0.15, 0.2) is 12.1 Å². The van der Waals surface area contributed by atoms with Crippen molar-refractivity contribution in [1.82, 2.24) is 5.32 Å². The number of methoxy groups -OCH3 is 1. The van der Waals surface area contributed by atoms with Crippen molar-refractivity contribution in [2.75, 3.05) is 13.9 Å². The smallest absolute Gasteiger partial charge is 0.231 e. The molecule has 4 heteroatoms. The quantitative estimate of drug-likeness (QED) is 0.853. The third-order valence-electron chi connectivity index (χ3n) is 2.99. The summed E-state index contributed by atoms with van der Waals surface area (Å²) in [4.78, 5) is 0. The fraction of sp³-hybridized carbons (Fsp3) is 0.538. The van der Waals surface area contributed by atoms with E-state index < -0.39 is 0 Å². The van der Waals surface area contributed by atoms with Crippen LogP contribution in [0.4, 0.5) is 0 Å². The third kappa shape index (κ3) is 2.64. The van der Waals surface area contributed by atoms with Crippen LogP contribution in [0, 0.1) is 0 Å². The van der Waals surface area contributed by atoms with Crippen LogP contribution >= 0.6 is 0 Å². The van der Waals surface area contributed by atoms with Crippen molar-refractivity contribution in [3.63, 3.8) is 0 Å². The van der Waals surface area contributed by atoms with Gasteiger partial charge in [0, 0.05) is 12.6 Å². The van der Waals surface area contributed by atoms with Crippen molar-refractivity contribution < 1.29 is 14.2 Å². The van der Waals surface area contributed by atoms with Crippen LogP contribution in [0.2, 0.25) is 0 Å². The van der Waals surface area contributed by atoms with Gasteiger partial charge in [0.1, 0.15) is 0 Å². The minimum Gasteiger partial charge on any atom is -0.493 e. The van der Waals surface area contributed by atoms with Crippen molar-refractivity contribution in [3.05, 3.63) is 17.7 Å². The van der Waals surface area contributed by atoms with Gasteiger partial charge < -0.3 is 19.5 Å². The second-order valence-electron chi connectivity index (χ2n) is 4.22. The topological polar surface area (TPSA) is 39.7 Å². The SMILES string of the molecule is CCC(C)NCc1cc(OC)c2c(c1)OCO2. The van der Waals surface area contributed by atoms with E-state index >= 15 is 0 Å². The van der Waals surface area contributed by atoms with Crippen molar-refractivity contribution >= 4 is 0 Å². The minimum atomic E-state index is 0.272. The van der Waals surface area contributed by atoms with E-state index in [4.69, 9.17) is 14.2 Å². The second kappa shape index (κ2) is 5.27. The summed E-state index contributed by atoms with van der Waals surface area (Å²) < 4.78 is 16.0. The summed E-state index contributed by atoms with van der Waals surface area (Å²) in [7, 11) is 1.64. The normalized spacial score (nSPS) is 14.8. The van der Waals surface area contributed by atoms with E-state index in [1.807, 2.05) is 12.1 Å². The Balaban J connectivity index is 2.13. The molecule has 2 rings (SSSR count). The monoisotopic (exact) mass is 237 g/mol. The molecule has 1 aliphatic heterocycles. The molecule has 1 aromatic rings. The summed E-state index contributed by atoms with van der Waals surface area (Å²) in [5.74, 6) is 2.21. The molecule has 17 heavy (non-hydrogen) atoms. The molecule has 1 N–H and O–H groups in total. The van der Waals surface area contributed by atoms with Gasteiger partial charge in [-0.1, -0.05) is 6.92 Å². The average Bonchev–Trinajstić information content (AvgIpc) is 2.82. The molecule has 1 aliphatic rings. The largest absolute Gasteiger partial charge is 0.493 e. The number of nitrogens with one attached hydrogen (secondary N) is 1. The van der Waals surface area contributed by atoms with Gasteiger partial charge in [0.25, 0.3) is 0 Å². The predicted molar refractivity (Wildman–Crippen MR) is 65.7 cm³/mol. The van der Waals surface area contributed by atoms with Crippen molar-refractivity contribution in [2.24, 2.45) is 0 Å². The van der Waals surface area contributed by atoms with Crippen LogP contribution in [0.5, 0.6) is 17.2 Å². The highest BCUT2D eigenvalue weighted by Crippen LogP contribution is 2.41. The molecule has 0 saturated carbocycles. The standard InChI is InChI=1S/C13H19NO3/c1-4-9(2)14-7-10-5-11(15-3)13-12(6-10)16-8-17-13/h5-6,9,14H,4,7-8H2,1-3H3. The second-order valence-corrected chi connectivity index (χ2v) is 4.22. The molecule has 1 atom stereocenters. The van der Waals surface area contributed by atoms with Gasteiger partial charge in [0.05, 0.1) is 7.11 Å². The number of rotatable bonds is 5. The lowest BCUT2D eigenvalue weighted by molar-refractivity contribution is 0.171. The molecule has 0 fully saturated rings. The zero-order valence-electron chi connectivity index (χ0n) is 10.6. The van der Waals surface area contributed by atoms with Gasteiger partial charge in [-0.15, -0.1) is 0 Å². The van der Waals surface area contributed by atoms with Gasteiger partial charge in [-0.3, -0.25) is 0 Å². The Morgan fingerprint density at radius 3 is 2.94 bits per heavy atom. The summed E-state index contributed by atoms with van der Waals surface area (Å²) in [6, 6.07) is 4.50. The molecular formula is C13H19NO3. The van der Waals surface area contributed by atoms with E-state index in [1.54, 1.807) is 7.11 Å². The van der Waals surface area contributed by atoms with Gasteiger partial charge in [-0.05, 0) is 31.0 Å². The Morgan fingerprint density at radius 1 is 1.41 bits per heavy atom. The molecule has 0 radical (unpaired) electrons. The van der Waals surface area contributed by atoms with Gasteiger partial charge in [0.2, 0.25) is 12.5 Å². The molecule has 0 bridgehead atoms. The number of fused-ring (bicyclic) bond motifs is 1. The van der Waals surface area contributed by atoms with Crippen LogP contribution in [-0.4, -0.2) is 19.9 Å². The molecule has 0 amide bonds.